The molecule has 2 rings (SSSR count). The first-order valence-corrected chi connectivity index (χ1v) is 5.61. The molecule has 2 unspecified atom stereocenters. The van der Waals surface area contributed by atoms with Gasteiger partial charge in [0.2, 0.25) is 0 Å². The van der Waals surface area contributed by atoms with Gasteiger partial charge in [0.25, 0.3) is 0 Å². The average molecular weight is 210 g/mol. The number of aliphatic hydroxyl groups excluding tert-OH is 1. The minimum absolute atomic E-state index is 0.267. The van der Waals surface area contributed by atoms with Gasteiger partial charge in [0, 0.05) is 15.7 Å². The van der Waals surface area contributed by atoms with Gasteiger partial charge in [-0.2, -0.15) is 0 Å². The van der Waals surface area contributed by atoms with E-state index in [4.69, 9.17) is 4.74 Å². The first-order chi connectivity index (χ1) is 6.72. The molecule has 1 aromatic rings. The van der Waals surface area contributed by atoms with Crippen molar-refractivity contribution in [2.24, 2.45) is 0 Å². The summed E-state index contributed by atoms with van der Waals surface area (Å²) in [6.07, 6.45) is 0.638. The molecule has 1 N–H and O–H groups in total. The van der Waals surface area contributed by atoms with E-state index in [9.17, 15) is 5.11 Å². The molecule has 1 aliphatic rings. The van der Waals surface area contributed by atoms with E-state index in [0.29, 0.717) is 0 Å². The lowest BCUT2D eigenvalue weighted by Gasteiger charge is -2.10. The van der Waals surface area contributed by atoms with Crippen LogP contribution in [0.2, 0.25) is 0 Å². The Labute approximate surface area is 88.3 Å². The molecular weight excluding hydrogens is 196 g/mol. The molecule has 0 radical (unpaired) electrons. The van der Waals surface area contributed by atoms with E-state index >= 15 is 0 Å². The quantitative estimate of drug-likeness (QED) is 0.810. The van der Waals surface area contributed by atoms with Gasteiger partial charge in [-0.1, -0.05) is 6.07 Å². The van der Waals surface area contributed by atoms with Gasteiger partial charge in [0.15, 0.2) is 0 Å². The van der Waals surface area contributed by atoms with Crippen LogP contribution in [0.3, 0.4) is 0 Å². The van der Waals surface area contributed by atoms with Crippen LogP contribution in [0.1, 0.15) is 12.5 Å². The van der Waals surface area contributed by atoms with Crippen LogP contribution in [0.4, 0.5) is 0 Å². The minimum Gasteiger partial charge on any atom is -0.496 e. The Hall–Kier alpha value is -0.670. The molecule has 2 atom stereocenters. The van der Waals surface area contributed by atoms with E-state index < -0.39 is 0 Å². The maximum absolute atomic E-state index is 9.53. The van der Waals surface area contributed by atoms with Crippen molar-refractivity contribution in [2.75, 3.05) is 7.11 Å². The first kappa shape index (κ1) is 9.87. The zero-order valence-corrected chi connectivity index (χ0v) is 9.17. The molecule has 0 saturated carbocycles. The Morgan fingerprint density at radius 2 is 2.36 bits per heavy atom. The summed E-state index contributed by atoms with van der Waals surface area (Å²) in [5.74, 6) is 0.943. The number of fused-ring (bicyclic) bond motifs is 1. The molecule has 0 saturated heterocycles. The minimum atomic E-state index is -0.267. The average Bonchev–Trinajstić information content (AvgIpc) is 2.60. The van der Waals surface area contributed by atoms with Crippen LogP contribution in [0.5, 0.6) is 5.75 Å². The molecule has 0 bridgehead atoms. The van der Waals surface area contributed by atoms with E-state index in [2.05, 4.69) is 6.07 Å². The van der Waals surface area contributed by atoms with E-state index in [1.54, 1.807) is 18.9 Å². The largest absolute Gasteiger partial charge is 0.496 e. The molecule has 2 nitrogen and oxygen atoms in total. The smallest absolute Gasteiger partial charge is 0.123 e. The van der Waals surface area contributed by atoms with Crippen LogP contribution < -0.4 is 4.74 Å². The Morgan fingerprint density at radius 1 is 1.57 bits per heavy atom. The fourth-order valence-electron chi connectivity index (χ4n) is 1.72. The first-order valence-electron chi connectivity index (χ1n) is 4.73. The Balaban J connectivity index is 2.30. The third-order valence-corrected chi connectivity index (χ3v) is 4.03. The normalized spacial score (nSPS) is 21.8. The monoisotopic (exact) mass is 210 g/mol. The number of aliphatic hydroxyl groups is 1. The van der Waals surface area contributed by atoms with Gasteiger partial charge in [0.1, 0.15) is 5.75 Å². The SMILES string of the molecule is COc1cccc2c1CC(C(C)O)S2. The summed E-state index contributed by atoms with van der Waals surface area (Å²) >= 11 is 1.74. The second kappa shape index (κ2) is 3.83. The molecule has 0 aliphatic carbocycles. The van der Waals surface area contributed by atoms with Crippen LogP contribution in [0, 0.1) is 0 Å². The zero-order valence-electron chi connectivity index (χ0n) is 8.36. The topological polar surface area (TPSA) is 29.5 Å². The van der Waals surface area contributed by atoms with Gasteiger partial charge in [-0.3, -0.25) is 0 Å². The van der Waals surface area contributed by atoms with Crippen molar-refractivity contribution >= 4 is 11.8 Å². The van der Waals surface area contributed by atoms with E-state index in [0.717, 1.165) is 12.2 Å². The van der Waals surface area contributed by atoms with Crippen molar-refractivity contribution in [3.05, 3.63) is 23.8 Å². The van der Waals surface area contributed by atoms with Crippen LogP contribution in [0.15, 0.2) is 23.1 Å². The molecular formula is C11H14O2S. The van der Waals surface area contributed by atoms with Crippen molar-refractivity contribution in [1.82, 2.24) is 0 Å². The lowest BCUT2D eigenvalue weighted by Crippen LogP contribution is -2.18. The third-order valence-electron chi connectivity index (χ3n) is 2.53. The number of ether oxygens (including phenoxy) is 1. The molecule has 1 heterocycles. The molecule has 0 amide bonds. The lowest BCUT2D eigenvalue weighted by atomic mass is 10.1. The molecule has 76 valence electrons. The van der Waals surface area contributed by atoms with Crippen LogP contribution in [-0.4, -0.2) is 23.6 Å². The second-order valence-corrected chi connectivity index (χ2v) is 4.82. The molecule has 0 aromatic heterocycles. The van der Waals surface area contributed by atoms with Gasteiger partial charge >= 0.3 is 0 Å². The number of benzene rings is 1. The highest BCUT2D eigenvalue weighted by Crippen LogP contribution is 2.42. The molecule has 14 heavy (non-hydrogen) atoms. The van der Waals surface area contributed by atoms with Gasteiger partial charge in [-0.25, -0.2) is 0 Å². The molecule has 1 aromatic carbocycles. The summed E-state index contributed by atoms with van der Waals surface area (Å²) in [5.41, 5.74) is 1.24. The lowest BCUT2D eigenvalue weighted by molar-refractivity contribution is 0.192. The maximum Gasteiger partial charge on any atom is 0.123 e. The van der Waals surface area contributed by atoms with Gasteiger partial charge in [0.05, 0.1) is 13.2 Å². The van der Waals surface area contributed by atoms with Crippen molar-refractivity contribution in [2.45, 2.75) is 29.6 Å². The predicted molar refractivity (Wildman–Crippen MR) is 58.0 cm³/mol. The number of rotatable bonds is 2. The van der Waals surface area contributed by atoms with E-state index in [-0.39, 0.29) is 11.4 Å². The van der Waals surface area contributed by atoms with Crippen molar-refractivity contribution in [1.29, 1.82) is 0 Å². The van der Waals surface area contributed by atoms with Crippen LogP contribution >= 0.6 is 11.8 Å². The predicted octanol–water partition coefficient (Wildman–Crippen LogP) is 2.09. The molecule has 0 fully saturated rings. The summed E-state index contributed by atoms with van der Waals surface area (Å²) in [7, 11) is 1.69. The van der Waals surface area contributed by atoms with E-state index in [1.165, 1.54) is 10.5 Å². The van der Waals surface area contributed by atoms with Gasteiger partial charge in [-0.05, 0) is 25.5 Å². The number of methoxy groups -OCH3 is 1. The van der Waals surface area contributed by atoms with Crippen LogP contribution in [0.25, 0.3) is 0 Å². The number of hydrogen-bond acceptors (Lipinski definition) is 3. The Bertz CT molecular complexity index is 336. The molecule has 1 aliphatic heterocycles. The van der Waals surface area contributed by atoms with Crippen LogP contribution in [-0.2, 0) is 6.42 Å². The Kier molecular flexibility index (Phi) is 2.70. The fourth-order valence-corrected chi connectivity index (χ4v) is 2.98. The summed E-state index contributed by atoms with van der Waals surface area (Å²) in [4.78, 5) is 1.25. The standard InChI is InChI=1S/C11H14O2S/c1-7(12)11-6-8-9(13-2)4-3-5-10(8)14-11/h3-5,7,11-12H,6H2,1-2H3. The number of hydrogen-bond donors (Lipinski definition) is 1. The highest BCUT2D eigenvalue weighted by atomic mass is 32.2. The summed E-state index contributed by atoms with van der Waals surface area (Å²) in [5, 5.41) is 9.81. The molecule has 0 spiro atoms. The Morgan fingerprint density at radius 3 is 3.00 bits per heavy atom. The summed E-state index contributed by atoms with van der Waals surface area (Å²) in [6.45, 7) is 1.84. The highest BCUT2D eigenvalue weighted by Gasteiger charge is 2.27. The number of thioether (sulfide) groups is 1. The third kappa shape index (κ3) is 1.62. The second-order valence-electron chi connectivity index (χ2n) is 3.54. The van der Waals surface area contributed by atoms with Crippen molar-refractivity contribution in [3.63, 3.8) is 0 Å². The van der Waals surface area contributed by atoms with Gasteiger partial charge < -0.3 is 9.84 Å². The van der Waals surface area contributed by atoms with Crippen molar-refractivity contribution < 1.29 is 9.84 Å². The molecule has 3 heteroatoms. The van der Waals surface area contributed by atoms with E-state index in [1.807, 2.05) is 19.1 Å². The highest BCUT2D eigenvalue weighted by molar-refractivity contribution is 8.00. The van der Waals surface area contributed by atoms with Crippen molar-refractivity contribution in [3.8, 4) is 5.75 Å². The fraction of sp³-hybridized carbons (Fsp3) is 0.455. The zero-order chi connectivity index (χ0) is 10.1. The summed E-state index contributed by atoms with van der Waals surface area (Å²) in [6, 6.07) is 6.06. The van der Waals surface area contributed by atoms with Gasteiger partial charge in [-0.15, -0.1) is 11.8 Å². The summed E-state index contributed by atoms with van der Waals surface area (Å²) < 4.78 is 5.29. The maximum atomic E-state index is 9.53.